The van der Waals surface area contributed by atoms with Crippen LogP contribution in [-0.4, -0.2) is 22.0 Å². The lowest BCUT2D eigenvalue weighted by molar-refractivity contribution is -0.148. The summed E-state index contributed by atoms with van der Waals surface area (Å²) < 4.78 is 0. The quantitative estimate of drug-likeness (QED) is 0.627. The molecule has 0 aromatic carbocycles. The van der Waals surface area contributed by atoms with Crippen LogP contribution in [0.1, 0.15) is 20.3 Å². The molecule has 1 fully saturated rings. The molecule has 0 aromatic heterocycles. The number of β-lactam (4-membered cyclic amide) rings is 1. The maximum Gasteiger partial charge on any atom is 0.234 e. The van der Waals surface area contributed by atoms with Gasteiger partial charge < -0.3 is 0 Å². The summed E-state index contributed by atoms with van der Waals surface area (Å²) in [6, 6.07) is 0. The topological polar surface area (TPSA) is 37.4 Å². The summed E-state index contributed by atoms with van der Waals surface area (Å²) in [6.45, 7) is 3.51. The largest absolute Gasteiger partial charge is 0.295 e. The van der Waals surface area contributed by atoms with Crippen molar-refractivity contribution < 1.29 is 9.59 Å². The first-order valence-corrected chi connectivity index (χ1v) is 5.30. The maximum atomic E-state index is 11.5. The Balaban J connectivity index is 2.18. The van der Waals surface area contributed by atoms with Gasteiger partial charge in [0.1, 0.15) is 0 Å². The van der Waals surface area contributed by atoms with E-state index in [-0.39, 0.29) is 23.0 Å². The van der Waals surface area contributed by atoms with Crippen LogP contribution >= 0.6 is 11.8 Å². The van der Waals surface area contributed by atoms with Gasteiger partial charge in [-0.1, -0.05) is 6.92 Å². The summed E-state index contributed by atoms with van der Waals surface area (Å²) in [4.78, 5) is 24.2. The lowest BCUT2D eigenvalue weighted by Crippen LogP contribution is -2.56. The molecule has 2 aliphatic heterocycles. The first-order valence-electron chi connectivity index (χ1n) is 4.36. The number of carbonyl (C=O) groups is 2. The number of nitrogens with zero attached hydrogens (tertiary/aromatic N) is 1. The van der Waals surface area contributed by atoms with Crippen LogP contribution in [0.3, 0.4) is 0 Å². The van der Waals surface area contributed by atoms with E-state index in [4.69, 9.17) is 0 Å². The van der Waals surface area contributed by atoms with Crippen molar-refractivity contribution in [1.82, 2.24) is 4.90 Å². The van der Waals surface area contributed by atoms with Gasteiger partial charge in [0.25, 0.3) is 0 Å². The average Bonchev–Trinajstić information content (AvgIpc) is 2.45. The Hall–Kier alpha value is -0.770. The minimum atomic E-state index is -0.0158. The first kappa shape index (κ1) is 8.81. The number of Topliss-reactive ketones (excluding diaryl/α,β-unsaturated/α-hetero) is 1. The van der Waals surface area contributed by atoms with Crippen molar-refractivity contribution in [3.63, 3.8) is 0 Å². The highest BCUT2D eigenvalue weighted by Gasteiger charge is 2.51. The standard InChI is InChI=1S/C9H11NO2S/c1-3-6-8(12)10-7(5(2)11)4-13-9(6)10/h4,6,9H,3H2,1-2H3. The summed E-state index contributed by atoms with van der Waals surface area (Å²) in [6.07, 6.45) is 0.867. The van der Waals surface area contributed by atoms with Crippen molar-refractivity contribution in [3.8, 4) is 0 Å². The van der Waals surface area contributed by atoms with E-state index in [2.05, 4.69) is 0 Å². The van der Waals surface area contributed by atoms with Gasteiger partial charge in [0.2, 0.25) is 5.91 Å². The van der Waals surface area contributed by atoms with Crippen LogP contribution in [0.2, 0.25) is 0 Å². The molecule has 2 rings (SSSR count). The molecule has 1 saturated heterocycles. The summed E-state index contributed by atoms with van der Waals surface area (Å²) in [5.74, 6) is 0.218. The zero-order valence-electron chi connectivity index (χ0n) is 7.61. The van der Waals surface area contributed by atoms with E-state index in [9.17, 15) is 9.59 Å². The van der Waals surface area contributed by atoms with Crippen molar-refractivity contribution in [2.45, 2.75) is 25.6 Å². The zero-order valence-corrected chi connectivity index (χ0v) is 8.43. The van der Waals surface area contributed by atoms with E-state index in [0.29, 0.717) is 5.70 Å². The molecule has 0 N–H and O–H groups in total. The average molecular weight is 197 g/mol. The van der Waals surface area contributed by atoms with E-state index < -0.39 is 0 Å². The van der Waals surface area contributed by atoms with Gasteiger partial charge >= 0.3 is 0 Å². The molecule has 0 spiro atoms. The molecule has 2 unspecified atom stereocenters. The number of fused-ring (bicyclic) bond motifs is 1. The number of allylic oxidation sites excluding steroid dienone is 1. The molecule has 0 aromatic rings. The third-order valence-electron chi connectivity index (χ3n) is 2.53. The van der Waals surface area contributed by atoms with Crippen molar-refractivity contribution in [1.29, 1.82) is 0 Å². The van der Waals surface area contributed by atoms with Crippen molar-refractivity contribution in [3.05, 3.63) is 11.1 Å². The van der Waals surface area contributed by atoms with Crippen molar-refractivity contribution in [2.24, 2.45) is 5.92 Å². The number of carbonyl (C=O) groups excluding carboxylic acids is 2. The Morgan fingerprint density at radius 2 is 2.38 bits per heavy atom. The van der Waals surface area contributed by atoms with Crippen LogP contribution < -0.4 is 0 Å². The molecule has 2 atom stereocenters. The Morgan fingerprint density at radius 3 is 2.92 bits per heavy atom. The molecule has 0 radical (unpaired) electrons. The lowest BCUT2D eigenvalue weighted by atomic mass is 9.94. The second kappa shape index (κ2) is 2.87. The second-order valence-corrected chi connectivity index (χ2v) is 4.30. The summed E-state index contributed by atoms with van der Waals surface area (Å²) in [7, 11) is 0. The summed E-state index contributed by atoms with van der Waals surface area (Å²) in [5, 5.41) is 2.01. The fraction of sp³-hybridized carbons (Fsp3) is 0.556. The Labute approximate surface area is 81.2 Å². The number of hydrogen-bond donors (Lipinski definition) is 0. The molecule has 0 aliphatic carbocycles. The highest BCUT2D eigenvalue weighted by molar-refractivity contribution is 8.03. The molecule has 70 valence electrons. The molecule has 0 bridgehead atoms. The third-order valence-corrected chi connectivity index (χ3v) is 3.71. The van der Waals surface area contributed by atoms with Crippen LogP contribution in [0.4, 0.5) is 0 Å². The molecule has 4 heteroatoms. The Morgan fingerprint density at radius 1 is 1.69 bits per heavy atom. The normalized spacial score (nSPS) is 31.1. The first-order chi connectivity index (χ1) is 6.16. The summed E-state index contributed by atoms with van der Waals surface area (Å²) >= 11 is 1.59. The fourth-order valence-corrected chi connectivity index (χ4v) is 3.14. The molecule has 2 heterocycles. The van der Waals surface area contributed by atoms with Gasteiger partial charge in [-0.25, -0.2) is 0 Å². The highest BCUT2D eigenvalue weighted by atomic mass is 32.2. The molecule has 0 saturated carbocycles. The van der Waals surface area contributed by atoms with Crippen LogP contribution in [-0.2, 0) is 9.59 Å². The smallest absolute Gasteiger partial charge is 0.234 e. The molecule has 2 aliphatic rings. The van der Waals surface area contributed by atoms with Gasteiger partial charge in [-0.2, -0.15) is 0 Å². The highest BCUT2D eigenvalue weighted by Crippen LogP contribution is 2.45. The van der Waals surface area contributed by atoms with Crippen LogP contribution in [0, 0.1) is 5.92 Å². The third kappa shape index (κ3) is 1.05. The Bertz CT molecular complexity index is 311. The van der Waals surface area contributed by atoms with Gasteiger partial charge in [-0.15, -0.1) is 11.8 Å². The molecule has 3 nitrogen and oxygen atoms in total. The van der Waals surface area contributed by atoms with Gasteiger partial charge in [0, 0.05) is 12.3 Å². The van der Waals surface area contributed by atoms with Gasteiger partial charge in [-0.3, -0.25) is 14.5 Å². The number of thioether (sulfide) groups is 1. The maximum absolute atomic E-state index is 11.5. The van der Waals surface area contributed by atoms with E-state index in [1.54, 1.807) is 22.1 Å². The van der Waals surface area contributed by atoms with E-state index in [1.807, 2.05) is 6.92 Å². The van der Waals surface area contributed by atoms with Crippen LogP contribution in [0.15, 0.2) is 11.1 Å². The molecule has 1 amide bonds. The fourth-order valence-electron chi connectivity index (χ4n) is 1.76. The monoisotopic (exact) mass is 197 g/mol. The molecular formula is C9H11NO2S. The van der Waals surface area contributed by atoms with Gasteiger partial charge in [0.15, 0.2) is 5.78 Å². The number of rotatable bonds is 2. The van der Waals surface area contributed by atoms with Gasteiger partial charge in [-0.05, 0) is 6.42 Å². The number of hydrogen-bond acceptors (Lipinski definition) is 3. The van der Waals surface area contributed by atoms with Gasteiger partial charge in [0.05, 0.1) is 17.0 Å². The minimum Gasteiger partial charge on any atom is -0.295 e. The van der Waals surface area contributed by atoms with E-state index in [0.717, 1.165) is 6.42 Å². The second-order valence-electron chi connectivity index (χ2n) is 3.31. The number of ketones is 1. The predicted molar refractivity (Wildman–Crippen MR) is 50.8 cm³/mol. The SMILES string of the molecule is CCC1C(=O)N2C(C(C)=O)=CSC12. The van der Waals surface area contributed by atoms with E-state index in [1.165, 1.54) is 6.92 Å². The minimum absolute atomic E-state index is 0.0158. The number of amides is 1. The molecular weight excluding hydrogens is 186 g/mol. The lowest BCUT2D eigenvalue weighted by Gasteiger charge is -2.42. The summed E-state index contributed by atoms with van der Waals surface area (Å²) in [5.41, 5.74) is 0.574. The predicted octanol–water partition coefficient (Wildman–Crippen LogP) is 1.36. The Kier molecular flexibility index (Phi) is 1.95. The van der Waals surface area contributed by atoms with Crippen molar-refractivity contribution in [2.75, 3.05) is 0 Å². The van der Waals surface area contributed by atoms with E-state index >= 15 is 0 Å². The van der Waals surface area contributed by atoms with Crippen LogP contribution in [0.5, 0.6) is 0 Å². The van der Waals surface area contributed by atoms with Crippen molar-refractivity contribution >= 4 is 23.5 Å². The van der Waals surface area contributed by atoms with Crippen LogP contribution in [0.25, 0.3) is 0 Å². The molecule has 13 heavy (non-hydrogen) atoms. The zero-order chi connectivity index (χ0) is 9.59.